The second-order valence-electron chi connectivity index (χ2n) is 11.8. The van der Waals surface area contributed by atoms with Crippen LogP contribution < -0.4 is 4.74 Å². The molecule has 0 aliphatic carbocycles. The Morgan fingerprint density at radius 2 is 1.48 bits per heavy atom. The molecule has 0 N–H and O–H groups in total. The van der Waals surface area contributed by atoms with Gasteiger partial charge in [-0.1, -0.05) is 87.8 Å². The molecule has 7 aromatic rings. The van der Waals surface area contributed by atoms with E-state index in [-0.39, 0.29) is 6.10 Å². The number of benzene rings is 4. The minimum atomic E-state index is -0.238. The van der Waals surface area contributed by atoms with Gasteiger partial charge in [-0.05, 0) is 83.9 Å². The summed E-state index contributed by atoms with van der Waals surface area (Å²) in [4.78, 5) is 8.19. The van der Waals surface area contributed by atoms with Crippen LogP contribution in [0.1, 0.15) is 29.7 Å². The van der Waals surface area contributed by atoms with Crippen molar-refractivity contribution in [2.75, 3.05) is 13.2 Å². The molecule has 3 aromatic heterocycles. The van der Waals surface area contributed by atoms with Crippen molar-refractivity contribution >= 4 is 102 Å². The van der Waals surface area contributed by atoms with E-state index in [2.05, 4.69) is 21.4 Å². The number of fused-ring (bicyclic) bond motifs is 1. The van der Waals surface area contributed by atoms with Gasteiger partial charge < -0.3 is 23.3 Å². The first-order chi connectivity index (χ1) is 26.2. The van der Waals surface area contributed by atoms with Gasteiger partial charge in [-0.15, -0.1) is 11.3 Å². The third-order valence-corrected chi connectivity index (χ3v) is 11.0. The van der Waals surface area contributed by atoms with Gasteiger partial charge in [0, 0.05) is 56.0 Å². The zero-order chi connectivity index (χ0) is 38.0. The fourth-order valence-electron chi connectivity index (χ4n) is 5.43. The SMILES string of the molecule is C/C(=C(/OCCOc1ccc(Cl)cc1)c1ccc(Cl)cc1Cl)n1ccnc1.Clc1ccc(C(Cn2ccnc2)OCc2csc3c(Cl)cccc23)c(Cl)c1. The van der Waals surface area contributed by atoms with Gasteiger partial charge in [-0.2, -0.15) is 0 Å². The Kier molecular flexibility index (Phi) is 14.2. The van der Waals surface area contributed by atoms with E-state index >= 15 is 0 Å². The minimum Gasteiger partial charge on any atom is -0.490 e. The molecule has 0 aliphatic heterocycles. The smallest absolute Gasteiger partial charge is 0.147 e. The lowest BCUT2D eigenvalue weighted by Gasteiger charge is -2.20. The van der Waals surface area contributed by atoms with Crippen molar-refractivity contribution in [1.29, 1.82) is 0 Å². The first kappa shape index (κ1) is 40.0. The molecule has 4 aromatic carbocycles. The molecule has 14 heteroatoms. The van der Waals surface area contributed by atoms with E-state index in [0.29, 0.717) is 57.2 Å². The Hall–Kier alpha value is -3.70. The van der Waals surface area contributed by atoms with Crippen LogP contribution in [0.2, 0.25) is 30.1 Å². The van der Waals surface area contributed by atoms with Crippen molar-refractivity contribution in [3.63, 3.8) is 0 Å². The van der Waals surface area contributed by atoms with E-state index in [1.165, 1.54) is 0 Å². The lowest BCUT2D eigenvalue weighted by Crippen LogP contribution is -2.12. The molecule has 1 atom stereocenters. The van der Waals surface area contributed by atoms with Gasteiger partial charge in [0.25, 0.3) is 0 Å². The van der Waals surface area contributed by atoms with Crippen molar-refractivity contribution < 1.29 is 14.2 Å². The number of imidazole rings is 2. The van der Waals surface area contributed by atoms with Crippen LogP contribution in [0, 0.1) is 0 Å². The highest BCUT2D eigenvalue weighted by atomic mass is 35.5. The van der Waals surface area contributed by atoms with Crippen molar-refractivity contribution in [3.05, 3.63) is 169 Å². The summed E-state index contributed by atoms with van der Waals surface area (Å²) in [5, 5.41) is 6.90. The van der Waals surface area contributed by atoms with E-state index in [0.717, 1.165) is 43.2 Å². The maximum absolute atomic E-state index is 6.44. The molecule has 0 fully saturated rings. The summed E-state index contributed by atoms with van der Waals surface area (Å²) in [5.74, 6) is 1.36. The molecule has 0 amide bonds. The summed E-state index contributed by atoms with van der Waals surface area (Å²) in [7, 11) is 0. The predicted octanol–water partition coefficient (Wildman–Crippen LogP) is 13.3. The topological polar surface area (TPSA) is 63.3 Å². The van der Waals surface area contributed by atoms with Gasteiger partial charge in [0.1, 0.15) is 30.8 Å². The van der Waals surface area contributed by atoms with Crippen molar-refractivity contribution in [1.82, 2.24) is 19.1 Å². The van der Waals surface area contributed by atoms with E-state index < -0.39 is 0 Å². The molecule has 7 nitrogen and oxygen atoms in total. The molecular formula is C40H32Cl6N4O3S. The van der Waals surface area contributed by atoms with Crippen molar-refractivity contribution in [2.45, 2.75) is 26.2 Å². The van der Waals surface area contributed by atoms with Crippen LogP contribution in [-0.4, -0.2) is 32.3 Å². The van der Waals surface area contributed by atoms with Gasteiger partial charge in [-0.25, -0.2) is 9.97 Å². The Bertz CT molecular complexity index is 2310. The molecule has 0 radical (unpaired) electrons. The highest BCUT2D eigenvalue weighted by Crippen LogP contribution is 2.35. The molecule has 278 valence electrons. The summed E-state index contributed by atoms with van der Waals surface area (Å²) in [6.45, 7) is 3.70. The zero-order valence-electron chi connectivity index (χ0n) is 28.6. The number of rotatable bonds is 13. The zero-order valence-corrected chi connectivity index (χ0v) is 34.0. The van der Waals surface area contributed by atoms with Gasteiger partial charge in [0.05, 0.1) is 46.2 Å². The monoisotopic (exact) mass is 858 g/mol. The summed E-state index contributed by atoms with van der Waals surface area (Å²) >= 11 is 38.7. The highest BCUT2D eigenvalue weighted by molar-refractivity contribution is 7.18. The van der Waals surface area contributed by atoms with Gasteiger partial charge in [-0.3, -0.25) is 0 Å². The number of hydrogen-bond acceptors (Lipinski definition) is 6. The first-order valence-electron chi connectivity index (χ1n) is 16.5. The number of allylic oxidation sites excluding steroid dienone is 1. The fraction of sp³-hybridized carbons (Fsp3) is 0.150. The fourth-order valence-corrected chi connectivity index (χ4v) is 7.85. The predicted molar refractivity (Wildman–Crippen MR) is 223 cm³/mol. The molecule has 7 rings (SSSR count). The van der Waals surface area contributed by atoms with E-state index in [4.69, 9.17) is 83.8 Å². The molecule has 0 saturated carbocycles. The van der Waals surface area contributed by atoms with Gasteiger partial charge in [0.2, 0.25) is 0 Å². The summed E-state index contributed by atoms with van der Waals surface area (Å²) < 4.78 is 22.9. The number of nitrogens with zero attached hydrogens (tertiary/aromatic N) is 4. The second-order valence-corrected chi connectivity index (χ2v) is 15.2. The molecule has 3 heterocycles. The Balaban J connectivity index is 0.000000184. The quantitative estimate of drug-likeness (QED) is 0.0854. The number of thiophene rings is 1. The van der Waals surface area contributed by atoms with Gasteiger partial charge in [0.15, 0.2) is 0 Å². The number of hydrogen-bond donors (Lipinski definition) is 0. The van der Waals surface area contributed by atoms with Gasteiger partial charge >= 0.3 is 0 Å². The van der Waals surface area contributed by atoms with Crippen LogP contribution in [0.15, 0.2) is 122 Å². The molecular weight excluding hydrogens is 829 g/mol. The minimum absolute atomic E-state index is 0.238. The Morgan fingerprint density at radius 1 is 0.759 bits per heavy atom. The van der Waals surface area contributed by atoms with Crippen LogP contribution in [0.5, 0.6) is 5.75 Å². The van der Waals surface area contributed by atoms with Crippen LogP contribution >= 0.6 is 80.9 Å². The van der Waals surface area contributed by atoms with Crippen LogP contribution in [0.4, 0.5) is 0 Å². The van der Waals surface area contributed by atoms with E-state index in [1.54, 1.807) is 66.7 Å². The maximum atomic E-state index is 6.44. The van der Waals surface area contributed by atoms with Crippen LogP contribution in [-0.2, 0) is 22.6 Å². The first-order valence-corrected chi connectivity index (χ1v) is 19.6. The molecule has 0 aliphatic rings. The maximum Gasteiger partial charge on any atom is 0.147 e. The summed E-state index contributed by atoms with van der Waals surface area (Å²) in [6, 6.07) is 23.9. The number of halogens is 6. The van der Waals surface area contributed by atoms with E-state index in [9.17, 15) is 0 Å². The summed E-state index contributed by atoms with van der Waals surface area (Å²) in [5.41, 5.74) is 3.60. The molecule has 0 spiro atoms. The molecule has 0 bridgehead atoms. The normalized spacial score (nSPS) is 12.2. The van der Waals surface area contributed by atoms with Crippen LogP contribution in [0.25, 0.3) is 21.5 Å². The van der Waals surface area contributed by atoms with Crippen molar-refractivity contribution in [2.24, 2.45) is 0 Å². The Morgan fingerprint density at radius 3 is 2.19 bits per heavy atom. The largest absolute Gasteiger partial charge is 0.490 e. The average molecular weight is 862 g/mol. The average Bonchev–Trinajstić information content (AvgIpc) is 3.96. The molecule has 54 heavy (non-hydrogen) atoms. The highest BCUT2D eigenvalue weighted by Gasteiger charge is 2.19. The third kappa shape index (κ3) is 10.5. The third-order valence-electron chi connectivity index (χ3n) is 8.13. The summed E-state index contributed by atoms with van der Waals surface area (Å²) in [6.07, 6.45) is 10.4. The van der Waals surface area contributed by atoms with E-state index in [1.807, 2.05) is 70.9 Å². The lowest BCUT2D eigenvalue weighted by molar-refractivity contribution is 0.0288. The number of aromatic nitrogens is 4. The molecule has 1 unspecified atom stereocenters. The lowest BCUT2D eigenvalue weighted by atomic mass is 10.1. The van der Waals surface area contributed by atoms with Crippen LogP contribution in [0.3, 0.4) is 0 Å². The molecule has 0 saturated heterocycles. The standard InChI is InChI=1S/C20H17Cl3N2O2.C20H15Cl3N2OS/c1-14(25-9-8-24-13-25)20(18-7-4-16(22)12-19(18)23)27-11-10-26-17-5-2-15(21)3-6-17;21-14-4-5-16(18(23)8-14)19(9-25-7-6-24-12-25)26-10-13-11-27-20-15(13)2-1-3-17(20)22/h2-9,12-13H,10-11H2,1H3;1-8,11-12,19H,9-10H2/b20-14-;. The van der Waals surface area contributed by atoms with Crippen molar-refractivity contribution in [3.8, 4) is 5.75 Å². The Labute approximate surface area is 347 Å². The second kappa shape index (κ2) is 19.2. The number of ether oxygens (including phenoxy) is 3.